The van der Waals surface area contributed by atoms with E-state index in [9.17, 15) is 23.2 Å². The lowest BCUT2D eigenvalue weighted by molar-refractivity contribution is 0.440. The van der Waals surface area contributed by atoms with Crippen LogP contribution in [0.4, 0.5) is 0 Å². The molecule has 0 aliphatic carbocycles. The molecule has 0 amide bonds. The molecule has 152 valence electrons. The SMILES string of the molecule is O=S(=O)(O)C(c1ccc(O)cc1)(c1cccc(Cl)c1O)c1c(Cl)cc(Cl)cc1Cl. The predicted molar refractivity (Wildman–Crippen MR) is 114 cm³/mol. The van der Waals surface area contributed by atoms with Gasteiger partial charge in [-0.05, 0) is 35.9 Å². The molecule has 3 rings (SSSR count). The molecular weight excluding hydrogens is 482 g/mol. The second-order valence-corrected chi connectivity index (χ2v) is 9.30. The van der Waals surface area contributed by atoms with E-state index in [2.05, 4.69) is 0 Å². The molecule has 0 radical (unpaired) electrons. The molecule has 3 N–H and O–H groups in total. The van der Waals surface area contributed by atoms with E-state index < -0.39 is 20.6 Å². The van der Waals surface area contributed by atoms with Gasteiger partial charge < -0.3 is 10.2 Å². The lowest BCUT2D eigenvalue weighted by atomic mass is 9.83. The molecule has 0 aliphatic rings. The van der Waals surface area contributed by atoms with Gasteiger partial charge in [-0.25, -0.2) is 0 Å². The van der Waals surface area contributed by atoms with Crippen LogP contribution >= 0.6 is 46.4 Å². The minimum absolute atomic E-state index is 0.0542. The molecular formula is C19H12Cl4O5S. The lowest BCUT2D eigenvalue weighted by Crippen LogP contribution is -2.39. The third kappa shape index (κ3) is 3.65. The van der Waals surface area contributed by atoms with E-state index in [1.807, 2.05) is 0 Å². The monoisotopic (exact) mass is 492 g/mol. The molecule has 0 aromatic heterocycles. The summed E-state index contributed by atoms with van der Waals surface area (Å²) in [5.74, 6) is -0.747. The maximum atomic E-state index is 13.0. The number of benzene rings is 3. The zero-order valence-electron chi connectivity index (χ0n) is 14.3. The van der Waals surface area contributed by atoms with Crippen molar-refractivity contribution >= 4 is 56.5 Å². The second-order valence-electron chi connectivity index (χ2n) is 6.08. The molecule has 3 aromatic rings. The maximum absolute atomic E-state index is 13.0. The number of rotatable bonds is 4. The Morgan fingerprint density at radius 1 is 0.793 bits per heavy atom. The minimum Gasteiger partial charge on any atom is -0.508 e. The highest BCUT2D eigenvalue weighted by atomic mass is 35.5. The zero-order chi connectivity index (χ0) is 21.6. The van der Waals surface area contributed by atoms with Crippen molar-refractivity contribution in [1.82, 2.24) is 0 Å². The van der Waals surface area contributed by atoms with Crippen molar-refractivity contribution in [2.75, 3.05) is 0 Å². The number of phenolic OH excluding ortho intramolecular Hbond substituents is 2. The fourth-order valence-electron chi connectivity index (χ4n) is 3.23. The highest BCUT2D eigenvalue weighted by molar-refractivity contribution is 7.87. The molecule has 0 saturated carbocycles. The van der Waals surface area contributed by atoms with Gasteiger partial charge in [0.2, 0.25) is 0 Å². The topological polar surface area (TPSA) is 94.8 Å². The molecule has 0 saturated heterocycles. The number of hydrogen-bond donors (Lipinski definition) is 3. The number of halogens is 4. The van der Waals surface area contributed by atoms with Crippen LogP contribution in [0, 0.1) is 0 Å². The minimum atomic E-state index is -5.11. The van der Waals surface area contributed by atoms with E-state index in [4.69, 9.17) is 46.4 Å². The first-order valence-corrected chi connectivity index (χ1v) is 10.8. The van der Waals surface area contributed by atoms with Crippen molar-refractivity contribution in [2.45, 2.75) is 4.75 Å². The van der Waals surface area contributed by atoms with Gasteiger partial charge in [0.05, 0.1) is 5.02 Å². The van der Waals surface area contributed by atoms with E-state index in [-0.39, 0.29) is 42.5 Å². The molecule has 29 heavy (non-hydrogen) atoms. The van der Waals surface area contributed by atoms with Crippen LogP contribution in [0.25, 0.3) is 0 Å². The molecule has 0 bridgehead atoms. The first kappa shape index (κ1) is 22.0. The molecule has 1 unspecified atom stereocenters. The van der Waals surface area contributed by atoms with Crippen LogP contribution in [0.2, 0.25) is 20.1 Å². The summed E-state index contributed by atoms with van der Waals surface area (Å²) in [4.78, 5) is 0. The second kappa shape index (κ2) is 7.87. The van der Waals surface area contributed by atoms with Crippen molar-refractivity contribution in [3.63, 3.8) is 0 Å². The van der Waals surface area contributed by atoms with E-state index in [0.717, 1.165) is 0 Å². The zero-order valence-corrected chi connectivity index (χ0v) is 18.1. The van der Waals surface area contributed by atoms with Crippen molar-refractivity contribution < 1.29 is 23.2 Å². The van der Waals surface area contributed by atoms with Crippen LogP contribution < -0.4 is 0 Å². The average molecular weight is 494 g/mol. The summed E-state index contributed by atoms with van der Waals surface area (Å²) < 4.78 is 34.0. The average Bonchev–Trinajstić information content (AvgIpc) is 2.60. The van der Waals surface area contributed by atoms with Gasteiger partial charge in [-0.2, -0.15) is 8.42 Å². The maximum Gasteiger partial charge on any atom is 0.283 e. The molecule has 0 heterocycles. The van der Waals surface area contributed by atoms with Gasteiger partial charge in [-0.1, -0.05) is 70.7 Å². The summed E-state index contributed by atoms with van der Waals surface area (Å²) >= 11 is 24.7. The fourth-order valence-corrected chi connectivity index (χ4v) is 5.97. The van der Waals surface area contributed by atoms with E-state index in [1.54, 1.807) is 0 Å². The van der Waals surface area contributed by atoms with Gasteiger partial charge in [0.25, 0.3) is 10.1 Å². The Morgan fingerprint density at radius 2 is 1.34 bits per heavy atom. The molecule has 0 aliphatic heterocycles. The summed E-state index contributed by atoms with van der Waals surface area (Å²) in [6, 6.07) is 11.5. The fraction of sp³-hybridized carbons (Fsp3) is 0.0526. The number of phenols is 2. The molecule has 0 spiro atoms. The quantitative estimate of drug-likeness (QED) is 0.311. The third-order valence-corrected chi connectivity index (χ3v) is 6.94. The third-order valence-electron chi connectivity index (χ3n) is 4.39. The summed E-state index contributed by atoms with van der Waals surface area (Å²) in [5, 5.41) is 19.9. The Hall–Kier alpha value is -1.67. The number of hydrogen-bond acceptors (Lipinski definition) is 4. The molecule has 1 atom stereocenters. The first-order valence-electron chi connectivity index (χ1n) is 7.89. The Bertz CT molecular complexity index is 1170. The summed E-state index contributed by atoms with van der Waals surface area (Å²) in [6.45, 7) is 0. The van der Waals surface area contributed by atoms with Crippen molar-refractivity contribution in [3.8, 4) is 11.5 Å². The molecule has 3 aromatic carbocycles. The van der Waals surface area contributed by atoms with Gasteiger partial charge >= 0.3 is 0 Å². The highest BCUT2D eigenvalue weighted by Crippen LogP contribution is 2.53. The largest absolute Gasteiger partial charge is 0.508 e. The smallest absolute Gasteiger partial charge is 0.283 e. The standard InChI is InChI=1S/C19H12Cl4O5S/c20-11-8-15(22)17(16(23)9-11)19(29(26,27)28,10-4-6-12(24)7-5-10)13-2-1-3-14(21)18(13)25/h1-9,24-25H,(H,26,27,28). The Balaban J connectivity index is 2.63. The van der Waals surface area contributed by atoms with Crippen molar-refractivity contribution in [2.24, 2.45) is 0 Å². The predicted octanol–water partition coefficient (Wildman–Crippen LogP) is 5.89. The van der Waals surface area contributed by atoms with Crippen LogP contribution in [0.5, 0.6) is 11.5 Å². The Morgan fingerprint density at radius 3 is 1.86 bits per heavy atom. The van der Waals surface area contributed by atoms with Crippen LogP contribution in [-0.4, -0.2) is 23.2 Å². The van der Waals surface area contributed by atoms with E-state index in [1.165, 1.54) is 54.6 Å². The van der Waals surface area contributed by atoms with Crippen LogP contribution in [-0.2, 0) is 14.9 Å². The summed E-state index contributed by atoms with van der Waals surface area (Å²) in [7, 11) is -5.11. The van der Waals surface area contributed by atoms with Gasteiger partial charge in [0.15, 0.2) is 4.75 Å². The molecule has 10 heteroatoms. The highest BCUT2D eigenvalue weighted by Gasteiger charge is 2.52. The Labute approximate surface area is 186 Å². The first-order chi connectivity index (χ1) is 13.5. The molecule has 5 nitrogen and oxygen atoms in total. The van der Waals surface area contributed by atoms with E-state index >= 15 is 0 Å². The number of para-hydroxylation sites is 1. The summed E-state index contributed by atoms with van der Waals surface area (Å²) in [5.41, 5.74) is -0.582. The van der Waals surface area contributed by atoms with Crippen molar-refractivity contribution in [3.05, 3.63) is 91.4 Å². The van der Waals surface area contributed by atoms with Gasteiger partial charge in [0.1, 0.15) is 11.5 Å². The van der Waals surface area contributed by atoms with Gasteiger partial charge in [-0.3, -0.25) is 4.55 Å². The van der Waals surface area contributed by atoms with Gasteiger partial charge in [-0.15, -0.1) is 0 Å². The lowest BCUT2D eigenvalue weighted by Gasteiger charge is -2.34. The van der Waals surface area contributed by atoms with Crippen LogP contribution in [0.1, 0.15) is 16.7 Å². The van der Waals surface area contributed by atoms with Crippen molar-refractivity contribution in [1.29, 1.82) is 0 Å². The van der Waals surface area contributed by atoms with Crippen LogP contribution in [0.3, 0.4) is 0 Å². The Kier molecular flexibility index (Phi) is 5.98. The number of aromatic hydroxyl groups is 2. The summed E-state index contributed by atoms with van der Waals surface area (Å²) in [6.07, 6.45) is 0. The molecule has 0 fully saturated rings. The van der Waals surface area contributed by atoms with Crippen LogP contribution in [0.15, 0.2) is 54.6 Å². The van der Waals surface area contributed by atoms with Gasteiger partial charge in [0, 0.05) is 26.2 Å². The normalized spacial score (nSPS) is 13.8. The van der Waals surface area contributed by atoms with E-state index in [0.29, 0.717) is 0 Å².